The molecule has 1 aliphatic rings. The van der Waals surface area contributed by atoms with Crippen molar-refractivity contribution in [2.45, 2.75) is 13.3 Å². The summed E-state index contributed by atoms with van der Waals surface area (Å²) in [4.78, 5) is 35.5. The molecular weight excluding hydrogens is 328 g/mol. The average Bonchev–Trinajstić information content (AvgIpc) is 3.22. The monoisotopic (exact) mass is 344 g/mol. The van der Waals surface area contributed by atoms with Crippen LogP contribution in [0.25, 0.3) is 5.69 Å². The van der Waals surface area contributed by atoms with Gasteiger partial charge in [0, 0.05) is 31.4 Å². The van der Waals surface area contributed by atoms with Crippen LogP contribution in [0, 0.1) is 15.5 Å². The van der Waals surface area contributed by atoms with Crippen molar-refractivity contribution in [1.82, 2.24) is 14.7 Å². The molecule has 9 nitrogen and oxygen atoms in total. The van der Waals surface area contributed by atoms with Gasteiger partial charge in [-0.3, -0.25) is 19.7 Å². The van der Waals surface area contributed by atoms with Crippen LogP contribution in [0.5, 0.6) is 0 Å². The number of hydrogen-bond donors (Lipinski definition) is 1. The molecule has 2 aromatic rings. The molecular formula is C16H16N4O5. The molecule has 3 rings (SSSR count). The Morgan fingerprint density at radius 3 is 2.52 bits per heavy atom. The highest BCUT2D eigenvalue weighted by atomic mass is 16.6. The van der Waals surface area contributed by atoms with E-state index < -0.39 is 16.3 Å². The van der Waals surface area contributed by atoms with Crippen molar-refractivity contribution >= 4 is 17.6 Å². The van der Waals surface area contributed by atoms with Gasteiger partial charge in [0.15, 0.2) is 5.69 Å². The van der Waals surface area contributed by atoms with Crippen molar-refractivity contribution in [3.63, 3.8) is 0 Å². The third kappa shape index (κ3) is 3.08. The molecule has 1 saturated heterocycles. The van der Waals surface area contributed by atoms with Gasteiger partial charge in [0.1, 0.15) is 0 Å². The largest absolute Gasteiger partial charge is 0.481 e. The van der Waals surface area contributed by atoms with Gasteiger partial charge < -0.3 is 10.0 Å². The van der Waals surface area contributed by atoms with E-state index >= 15 is 0 Å². The second-order valence-electron chi connectivity index (χ2n) is 6.26. The highest BCUT2D eigenvalue weighted by Gasteiger charge is 2.42. The van der Waals surface area contributed by atoms with Crippen LogP contribution in [0.1, 0.15) is 23.8 Å². The molecule has 1 unspecified atom stereocenters. The first kappa shape index (κ1) is 16.6. The van der Waals surface area contributed by atoms with Crippen LogP contribution in [0.3, 0.4) is 0 Å². The fourth-order valence-corrected chi connectivity index (χ4v) is 2.78. The molecule has 1 amide bonds. The lowest BCUT2D eigenvalue weighted by Crippen LogP contribution is -2.35. The number of likely N-dealkylation sites (tertiary alicyclic amines) is 1. The lowest BCUT2D eigenvalue weighted by molar-refractivity contribution is -0.384. The van der Waals surface area contributed by atoms with Gasteiger partial charge in [-0.25, -0.2) is 4.68 Å². The van der Waals surface area contributed by atoms with Crippen molar-refractivity contribution in [2.24, 2.45) is 5.41 Å². The van der Waals surface area contributed by atoms with E-state index in [4.69, 9.17) is 0 Å². The first-order valence-corrected chi connectivity index (χ1v) is 7.63. The number of nitro groups is 1. The van der Waals surface area contributed by atoms with Crippen molar-refractivity contribution in [3.05, 3.63) is 52.3 Å². The first-order valence-electron chi connectivity index (χ1n) is 7.63. The van der Waals surface area contributed by atoms with Gasteiger partial charge in [-0.15, -0.1) is 0 Å². The summed E-state index contributed by atoms with van der Waals surface area (Å²) in [6, 6.07) is 7.34. The quantitative estimate of drug-likeness (QED) is 0.666. The second-order valence-corrected chi connectivity index (χ2v) is 6.26. The van der Waals surface area contributed by atoms with Crippen LogP contribution in [-0.2, 0) is 4.79 Å². The van der Waals surface area contributed by atoms with Gasteiger partial charge in [-0.05, 0) is 31.5 Å². The smallest absolute Gasteiger partial charge is 0.311 e. The van der Waals surface area contributed by atoms with Crippen LogP contribution in [0.2, 0.25) is 0 Å². The van der Waals surface area contributed by atoms with E-state index in [-0.39, 0.29) is 23.8 Å². The summed E-state index contributed by atoms with van der Waals surface area (Å²) < 4.78 is 1.45. The Bertz CT molecular complexity index is 844. The molecule has 1 atom stereocenters. The molecule has 1 aliphatic heterocycles. The van der Waals surface area contributed by atoms with Crippen LogP contribution in [0.4, 0.5) is 5.69 Å². The standard InChI is InChI=1S/C16H16N4O5/c1-16(15(22)23)7-9-18(10-16)14(21)13-6-8-19(17-13)11-2-4-12(5-3-11)20(24)25/h2-6,8H,7,9-10H2,1H3,(H,22,23). The summed E-state index contributed by atoms with van der Waals surface area (Å²) >= 11 is 0. The van der Waals surface area contributed by atoms with E-state index in [0.29, 0.717) is 18.7 Å². The molecule has 0 spiro atoms. The zero-order valence-electron chi connectivity index (χ0n) is 13.5. The first-order chi connectivity index (χ1) is 11.8. The summed E-state index contributed by atoms with van der Waals surface area (Å²) in [7, 11) is 0. The summed E-state index contributed by atoms with van der Waals surface area (Å²) in [5.74, 6) is -1.25. The SMILES string of the molecule is CC1(C(=O)O)CCN(C(=O)c2ccn(-c3ccc([N+](=O)[O-])cc3)n2)C1. The Hall–Kier alpha value is -3.23. The maximum atomic E-state index is 12.5. The Morgan fingerprint density at radius 1 is 1.28 bits per heavy atom. The van der Waals surface area contributed by atoms with E-state index in [0.717, 1.165) is 0 Å². The number of carbonyl (C=O) groups is 2. The molecule has 1 fully saturated rings. The molecule has 2 heterocycles. The molecule has 25 heavy (non-hydrogen) atoms. The predicted octanol–water partition coefficient (Wildman–Crippen LogP) is 1.72. The number of carboxylic acid groups (broad SMARTS) is 1. The molecule has 0 saturated carbocycles. The number of nitro benzene ring substituents is 1. The van der Waals surface area contributed by atoms with Crippen LogP contribution >= 0.6 is 0 Å². The molecule has 1 aromatic carbocycles. The van der Waals surface area contributed by atoms with E-state index in [1.165, 1.54) is 33.8 Å². The summed E-state index contributed by atoms with van der Waals surface area (Å²) in [6.07, 6.45) is 1.98. The minimum atomic E-state index is -0.934. The molecule has 0 aliphatic carbocycles. The van der Waals surface area contributed by atoms with Crippen LogP contribution in [-0.4, -0.2) is 49.7 Å². The minimum Gasteiger partial charge on any atom is -0.481 e. The Kier molecular flexibility index (Phi) is 3.99. The molecule has 130 valence electrons. The topological polar surface area (TPSA) is 119 Å². The van der Waals surface area contributed by atoms with E-state index in [9.17, 15) is 24.8 Å². The number of nitrogens with zero attached hydrogens (tertiary/aromatic N) is 4. The number of benzene rings is 1. The van der Waals surface area contributed by atoms with Crippen molar-refractivity contribution in [3.8, 4) is 5.69 Å². The van der Waals surface area contributed by atoms with Gasteiger partial charge in [-0.1, -0.05) is 0 Å². The predicted molar refractivity (Wildman–Crippen MR) is 86.5 cm³/mol. The van der Waals surface area contributed by atoms with Gasteiger partial charge in [0.05, 0.1) is 16.0 Å². The van der Waals surface area contributed by atoms with Crippen molar-refractivity contribution < 1.29 is 19.6 Å². The second kappa shape index (κ2) is 6.00. The number of aromatic nitrogens is 2. The number of carboxylic acids is 1. The van der Waals surface area contributed by atoms with Crippen LogP contribution < -0.4 is 0 Å². The van der Waals surface area contributed by atoms with E-state index in [1.807, 2.05) is 0 Å². The van der Waals surface area contributed by atoms with Crippen LogP contribution in [0.15, 0.2) is 36.5 Å². The maximum absolute atomic E-state index is 12.5. The lowest BCUT2D eigenvalue weighted by Gasteiger charge is -2.19. The highest BCUT2D eigenvalue weighted by molar-refractivity contribution is 5.93. The number of aliphatic carboxylic acids is 1. The lowest BCUT2D eigenvalue weighted by atomic mass is 9.90. The Morgan fingerprint density at radius 2 is 1.96 bits per heavy atom. The van der Waals surface area contributed by atoms with E-state index in [2.05, 4.69) is 5.10 Å². The molecule has 0 bridgehead atoms. The minimum absolute atomic E-state index is 0.0303. The molecule has 9 heteroatoms. The third-order valence-electron chi connectivity index (χ3n) is 4.41. The summed E-state index contributed by atoms with van der Waals surface area (Å²) in [6.45, 7) is 2.13. The number of non-ortho nitro benzene ring substituents is 1. The average molecular weight is 344 g/mol. The number of carbonyl (C=O) groups excluding carboxylic acids is 1. The number of rotatable bonds is 4. The van der Waals surface area contributed by atoms with Crippen molar-refractivity contribution in [2.75, 3.05) is 13.1 Å². The Labute approximate surface area is 142 Å². The summed E-state index contributed by atoms with van der Waals surface area (Å²) in [5, 5.41) is 24.1. The fourth-order valence-electron chi connectivity index (χ4n) is 2.78. The number of hydrogen-bond acceptors (Lipinski definition) is 5. The van der Waals surface area contributed by atoms with Gasteiger partial charge in [0.25, 0.3) is 11.6 Å². The summed E-state index contributed by atoms with van der Waals surface area (Å²) in [5.41, 5.74) is -0.178. The normalized spacial score (nSPS) is 19.8. The van der Waals surface area contributed by atoms with Crippen molar-refractivity contribution in [1.29, 1.82) is 0 Å². The molecule has 1 aromatic heterocycles. The molecule has 0 radical (unpaired) electrons. The zero-order chi connectivity index (χ0) is 18.2. The van der Waals surface area contributed by atoms with Gasteiger partial charge >= 0.3 is 5.97 Å². The van der Waals surface area contributed by atoms with Gasteiger partial charge in [-0.2, -0.15) is 5.10 Å². The highest BCUT2D eigenvalue weighted by Crippen LogP contribution is 2.30. The van der Waals surface area contributed by atoms with E-state index in [1.54, 1.807) is 19.2 Å². The molecule has 1 N–H and O–H groups in total. The third-order valence-corrected chi connectivity index (χ3v) is 4.41. The number of amides is 1. The fraction of sp³-hybridized carbons (Fsp3) is 0.312. The van der Waals surface area contributed by atoms with Gasteiger partial charge in [0.2, 0.25) is 0 Å². The maximum Gasteiger partial charge on any atom is 0.311 e. The zero-order valence-corrected chi connectivity index (χ0v) is 13.5. The Balaban J connectivity index is 1.76.